The molecule has 0 aliphatic carbocycles. The normalized spacial score (nSPS) is 17.3. The maximum atomic E-state index is 12.5. The van der Waals surface area contributed by atoms with Crippen LogP contribution in [0.2, 0.25) is 5.15 Å². The minimum absolute atomic E-state index is 0.00826. The zero-order valence-corrected chi connectivity index (χ0v) is 16.2. The van der Waals surface area contributed by atoms with E-state index in [1.807, 2.05) is 9.80 Å². The summed E-state index contributed by atoms with van der Waals surface area (Å²) in [4.78, 5) is 36.3. The molecule has 1 N–H and O–H groups in total. The number of ether oxygens (including phenoxy) is 1. The van der Waals surface area contributed by atoms with Gasteiger partial charge in [0, 0.05) is 32.4 Å². The monoisotopic (exact) mass is 383 g/mol. The molecule has 0 radical (unpaired) electrons. The van der Waals surface area contributed by atoms with Gasteiger partial charge in [0.15, 0.2) is 0 Å². The van der Waals surface area contributed by atoms with Crippen molar-refractivity contribution in [1.82, 2.24) is 20.2 Å². The van der Waals surface area contributed by atoms with Gasteiger partial charge in [-0.05, 0) is 18.9 Å². The molecule has 1 atom stereocenters. The zero-order valence-electron chi connectivity index (χ0n) is 15.4. The predicted molar refractivity (Wildman–Crippen MR) is 99.2 cm³/mol. The number of nitrogens with one attached hydrogen (secondary N) is 1. The summed E-state index contributed by atoms with van der Waals surface area (Å²) in [5.74, 6) is 0.523. The molecule has 0 bridgehead atoms. The fraction of sp³-hybridized carbons (Fsp3) is 0.647. The number of esters is 1. The Kier molecular flexibility index (Phi) is 7.44. The van der Waals surface area contributed by atoms with Crippen molar-refractivity contribution in [3.05, 3.63) is 17.4 Å². The molecule has 0 aromatic carbocycles. The van der Waals surface area contributed by atoms with E-state index in [4.69, 9.17) is 16.3 Å². The summed E-state index contributed by atoms with van der Waals surface area (Å²) in [6.45, 7) is 8.31. The molecule has 2 heterocycles. The second-order valence-corrected chi connectivity index (χ2v) is 6.80. The van der Waals surface area contributed by atoms with Gasteiger partial charge in [-0.25, -0.2) is 14.8 Å². The molecule has 2 rings (SSSR count). The topological polar surface area (TPSA) is 87.7 Å². The second kappa shape index (κ2) is 9.56. The summed E-state index contributed by atoms with van der Waals surface area (Å²) in [6.07, 6.45) is 1.80. The average Bonchev–Trinajstić information content (AvgIpc) is 2.61. The summed E-state index contributed by atoms with van der Waals surface area (Å²) in [7, 11) is 0. The maximum Gasteiger partial charge on any atom is 0.317 e. The Balaban J connectivity index is 1.95. The van der Waals surface area contributed by atoms with Crippen LogP contribution < -0.4 is 10.2 Å². The first-order valence-electron chi connectivity index (χ1n) is 8.86. The average molecular weight is 384 g/mol. The fourth-order valence-corrected chi connectivity index (χ4v) is 3.03. The van der Waals surface area contributed by atoms with Gasteiger partial charge in [0.2, 0.25) is 5.95 Å². The van der Waals surface area contributed by atoms with E-state index in [2.05, 4.69) is 29.1 Å². The van der Waals surface area contributed by atoms with Crippen molar-refractivity contribution < 1.29 is 14.3 Å². The maximum absolute atomic E-state index is 12.5. The largest absolute Gasteiger partial charge is 0.466 e. The summed E-state index contributed by atoms with van der Waals surface area (Å²) >= 11 is 5.96. The quantitative estimate of drug-likeness (QED) is 0.596. The van der Waals surface area contributed by atoms with E-state index in [0.29, 0.717) is 37.3 Å². The number of rotatable bonds is 6. The number of amides is 2. The first kappa shape index (κ1) is 20.2. The Morgan fingerprint density at radius 2 is 2.19 bits per heavy atom. The smallest absolute Gasteiger partial charge is 0.317 e. The van der Waals surface area contributed by atoms with Crippen molar-refractivity contribution in [2.24, 2.45) is 5.92 Å². The van der Waals surface area contributed by atoms with Crippen molar-refractivity contribution in [2.75, 3.05) is 37.7 Å². The van der Waals surface area contributed by atoms with Crippen molar-refractivity contribution in [3.8, 4) is 0 Å². The van der Waals surface area contributed by atoms with Gasteiger partial charge < -0.3 is 19.9 Å². The molecular weight excluding hydrogens is 358 g/mol. The lowest BCUT2D eigenvalue weighted by Crippen LogP contribution is -2.59. The van der Waals surface area contributed by atoms with Crippen molar-refractivity contribution in [2.45, 2.75) is 33.2 Å². The highest BCUT2D eigenvalue weighted by molar-refractivity contribution is 6.29. The number of urea groups is 1. The lowest BCUT2D eigenvalue weighted by atomic mass is 10.00. The second-order valence-electron chi connectivity index (χ2n) is 6.42. The summed E-state index contributed by atoms with van der Waals surface area (Å²) in [5, 5.41) is 3.20. The van der Waals surface area contributed by atoms with E-state index in [0.717, 1.165) is 0 Å². The van der Waals surface area contributed by atoms with Gasteiger partial charge in [0.1, 0.15) is 5.15 Å². The summed E-state index contributed by atoms with van der Waals surface area (Å²) in [5.41, 5.74) is 0. The van der Waals surface area contributed by atoms with Crippen LogP contribution in [0, 0.1) is 5.92 Å². The van der Waals surface area contributed by atoms with E-state index in [-0.39, 0.29) is 36.9 Å². The van der Waals surface area contributed by atoms with Crippen LogP contribution in [0.15, 0.2) is 12.3 Å². The molecule has 1 aromatic rings. The molecule has 1 aliphatic rings. The number of halogens is 1. The number of carbonyl (C=O) groups is 2. The third-order valence-corrected chi connectivity index (χ3v) is 4.46. The van der Waals surface area contributed by atoms with Crippen molar-refractivity contribution in [1.29, 1.82) is 0 Å². The van der Waals surface area contributed by atoms with Gasteiger partial charge in [-0.1, -0.05) is 25.4 Å². The molecule has 144 valence electrons. The molecule has 1 unspecified atom stereocenters. The third kappa shape index (κ3) is 5.45. The predicted octanol–water partition coefficient (Wildman–Crippen LogP) is 1.94. The molecule has 1 fully saturated rings. The minimum Gasteiger partial charge on any atom is -0.466 e. The molecular formula is C17H26ClN5O3. The highest BCUT2D eigenvalue weighted by atomic mass is 35.5. The number of piperazine rings is 1. The third-order valence-electron chi connectivity index (χ3n) is 4.25. The van der Waals surface area contributed by atoms with Gasteiger partial charge in [0.25, 0.3) is 0 Å². The molecule has 0 spiro atoms. The lowest BCUT2D eigenvalue weighted by molar-refractivity contribution is -0.142. The van der Waals surface area contributed by atoms with Crippen LogP contribution in [0.25, 0.3) is 0 Å². The van der Waals surface area contributed by atoms with Crippen LogP contribution in [-0.2, 0) is 9.53 Å². The lowest BCUT2D eigenvalue weighted by Gasteiger charge is -2.43. The fourth-order valence-electron chi connectivity index (χ4n) is 2.90. The summed E-state index contributed by atoms with van der Waals surface area (Å²) < 4.78 is 4.87. The first-order chi connectivity index (χ1) is 12.4. The Hall–Kier alpha value is -2.09. The van der Waals surface area contributed by atoms with E-state index >= 15 is 0 Å². The highest BCUT2D eigenvalue weighted by Crippen LogP contribution is 2.21. The van der Waals surface area contributed by atoms with Crippen LogP contribution in [-0.4, -0.2) is 65.7 Å². The number of hydrogen-bond donors (Lipinski definition) is 1. The van der Waals surface area contributed by atoms with E-state index < -0.39 is 0 Å². The Labute approximate surface area is 158 Å². The molecule has 8 nitrogen and oxygen atoms in total. The van der Waals surface area contributed by atoms with Crippen molar-refractivity contribution in [3.63, 3.8) is 0 Å². The van der Waals surface area contributed by atoms with Gasteiger partial charge in [-0.15, -0.1) is 0 Å². The van der Waals surface area contributed by atoms with Crippen LogP contribution in [0.4, 0.5) is 10.7 Å². The van der Waals surface area contributed by atoms with Crippen molar-refractivity contribution >= 4 is 29.5 Å². The Morgan fingerprint density at radius 3 is 2.85 bits per heavy atom. The zero-order chi connectivity index (χ0) is 19.1. The SMILES string of the molecule is CCOC(=O)CCNC(=O)N1CCN(c2nccc(Cl)n2)CC1C(C)C. The molecule has 26 heavy (non-hydrogen) atoms. The van der Waals surface area contributed by atoms with Crippen LogP contribution in [0.1, 0.15) is 27.2 Å². The van der Waals surface area contributed by atoms with Crippen LogP contribution >= 0.6 is 11.6 Å². The van der Waals surface area contributed by atoms with Gasteiger partial charge in [0.05, 0.1) is 19.1 Å². The molecule has 1 saturated heterocycles. The van der Waals surface area contributed by atoms with Crippen LogP contribution in [0.5, 0.6) is 0 Å². The molecule has 9 heteroatoms. The minimum atomic E-state index is -0.309. The van der Waals surface area contributed by atoms with Gasteiger partial charge in [-0.2, -0.15) is 0 Å². The van der Waals surface area contributed by atoms with E-state index in [1.54, 1.807) is 19.2 Å². The first-order valence-corrected chi connectivity index (χ1v) is 9.23. The Morgan fingerprint density at radius 1 is 1.42 bits per heavy atom. The molecule has 0 saturated carbocycles. The number of carbonyl (C=O) groups excluding carboxylic acids is 2. The standard InChI is InChI=1S/C17H26ClN5O3/c1-4-26-15(24)6-8-20-17(25)23-10-9-22(11-13(23)12(2)3)16-19-7-5-14(18)21-16/h5,7,12-13H,4,6,8-11H2,1-3H3,(H,20,25). The van der Waals surface area contributed by atoms with Crippen LogP contribution in [0.3, 0.4) is 0 Å². The summed E-state index contributed by atoms with van der Waals surface area (Å²) in [6, 6.07) is 1.48. The molecule has 2 amide bonds. The van der Waals surface area contributed by atoms with E-state index in [9.17, 15) is 9.59 Å². The van der Waals surface area contributed by atoms with E-state index in [1.165, 1.54) is 0 Å². The number of aromatic nitrogens is 2. The highest BCUT2D eigenvalue weighted by Gasteiger charge is 2.33. The number of anilines is 1. The van der Waals surface area contributed by atoms with Gasteiger partial charge in [-0.3, -0.25) is 4.79 Å². The Bertz CT molecular complexity index is 628. The number of hydrogen-bond acceptors (Lipinski definition) is 6. The molecule has 1 aromatic heterocycles. The molecule has 1 aliphatic heterocycles. The van der Waals surface area contributed by atoms with Gasteiger partial charge >= 0.3 is 12.0 Å². The number of nitrogens with zero attached hydrogens (tertiary/aromatic N) is 4.